The number of carbonyl (C=O) groups is 4. The van der Waals surface area contributed by atoms with Crippen LogP contribution in [0.25, 0.3) is 0 Å². The topological polar surface area (TPSA) is 179 Å². The van der Waals surface area contributed by atoms with Crippen LogP contribution in [-0.2, 0) is 38.2 Å². The van der Waals surface area contributed by atoms with E-state index in [0.717, 1.165) is 59.2 Å². The van der Waals surface area contributed by atoms with E-state index in [-0.39, 0.29) is 6.07 Å². The maximum absolute atomic E-state index is 14.7. The Kier molecular flexibility index (Phi) is 11.9. The van der Waals surface area contributed by atoms with E-state index in [9.17, 15) is 79.9 Å². The van der Waals surface area contributed by atoms with Crippen molar-refractivity contribution in [3.05, 3.63) is 96.1 Å². The molecule has 2 N–H and O–H groups in total. The summed E-state index contributed by atoms with van der Waals surface area (Å²) in [6.45, 7) is 0. The molecule has 0 bridgehead atoms. The van der Waals surface area contributed by atoms with Gasteiger partial charge in [-0.25, -0.2) is 8.37 Å². The molecule has 0 aliphatic carbocycles. The van der Waals surface area contributed by atoms with Crippen molar-refractivity contribution in [1.29, 1.82) is 0 Å². The monoisotopic (exact) mass is 796 g/mol. The Balaban J connectivity index is 1.80. The average Bonchev–Trinajstić information content (AvgIpc) is 3.05. The number of hydrogen-bond acceptors (Lipinski definition) is 10. The third-order valence-electron chi connectivity index (χ3n) is 6.17. The van der Waals surface area contributed by atoms with Gasteiger partial charge in [0, 0.05) is 22.5 Å². The molecule has 2 unspecified atom stereocenters. The van der Waals surface area contributed by atoms with E-state index in [0.29, 0.717) is 18.2 Å². The Morgan fingerprint density at radius 2 is 0.808 bits per heavy atom. The zero-order valence-corrected chi connectivity index (χ0v) is 26.5. The summed E-state index contributed by atoms with van der Waals surface area (Å²) in [7, 11) is -13.9. The van der Waals surface area contributed by atoms with Crippen LogP contribution >= 0.6 is 0 Å². The Morgan fingerprint density at radius 3 is 1.10 bits per heavy atom. The predicted octanol–water partition coefficient (Wildman–Crippen LogP) is 5.07. The predicted molar refractivity (Wildman–Crippen MR) is 155 cm³/mol. The molecule has 0 fully saturated rings. The molecule has 0 aromatic heterocycles. The van der Waals surface area contributed by atoms with E-state index in [1.165, 1.54) is 12.1 Å². The van der Waals surface area contributed by atoms with Gasteiger partial charge in [-0.15, -0.1) is 0 Å². The summed E-state index contributed by atoms with van der Waals surface area (Å²) < 4.78 is 195. The summed E-state index contributed by atoms with van der Waals surface area (Å²) in [4.78, 5) is 48.9. The molecule has 24 heteroatoms. The van der Waals surface area contributed by atoms with Gasteiger partial charge in [0.1, 0.15) is 0 Å². The number of rotatable bonds is 14. The molecule has 2 atom stereocenters. The Labute approximate surface area is 284 Å². The van der Waals surface area contributed by atoms with Gasteiger partial charge in [0.05, 0.1) is 0 Å². The van der Waals surface area contributed by atoms with Crippen molar-refractivity contribution < 1.29 is 88.3 Å². The second kappa shape index (κ2) is 15.0. The van der Waals surface area contributed by atoms with Crippen LogP contribution in [-0.4, -0.2) is 75.3 Å². The molecule has 3 aromatic carbocycles. The highest BCUT2D eigenvalue weighted by Crippen LogP contribution is 2.35. The van der Waals surface area contributed by atoms with E-state index in [2.05, 4.69) is 8.37 Å². The molecule has 52 heavy (non-hydrogen) atoms. The number of halogens is 10. The molecule has 0 aliphatic rings. The van der Waals surface area contributed by atoms with Crippen LogP contribution in [0.3, 0.4) is 0 Å². The SMILES string of the molecule is O=C(c1ccccc1)C(OS(=O)(=O)C(F)(F)C(=O)Nc1cccc(NC(=O)C(F)(F)S(=O)(=O)OC(C(=O)c2ccccc2)C(F)(F)F)c1)C(F)(F)F. The standard InChI is InChI=1S/C28H18F10N2O10S2/c29-25(30,31)21(19(41)15-8-3-1-4-9-15)49-51(45,46)27(35,36)23(43)39-17-12-7-13-18(14-17)40-24(44)28(37,38)52(47,48)50-22(26(32,33)34)20(42)16-10-5-2-6-11-16/h1-14,21-22H,(H,39,43)(H,40,44). The van der Waals surface area contributed by atoms with Crippen molar-refractivity contribution in [2.24, 2.45) is 0 Å². The van der Waals surface area contributed by atoms with Gasteiger partial charge in [-0.3, -0.25) is 19.2 Å². The van der Waals surface area contributed by atoms with Crippen LogP contribution in [0.4, 0.5) is 55.3 Å². The molecule has 282 valence electrons. The largest absolute Gasteiger partial charge is 0.447 e. The van der Waals surface area contributed by atoms with E-state index >= 15 is 0 Å². The lowest BCUT2D eigenvalue weighted by Crippen LogP contribution is -2.48. The first-order valence-electron chi connectivity index (χ1n) is 13.4. The van der Waals surface area contributed by atoms with E-state index in [4.69, 9.17) is 0 Å². The second-order valence-electron chi connectivity index (χ2n) is 9.93. The molecule has 0 saturated heterocycles. The quantitative estimate of drug-likeness (QED) is 0.127. The molecule has 0 spiro atoms. The van der Waals surface area contributed by atoms with Gasteiger partial charge in [0.25, 0.3) is 0 Å². The minimum absolute atomic E-state index is 0.276. The van der Waals surface area contributed by atoms with Gasteiger partial charge in [-0.05, 0) is 18.2 Å². The first-order valence-corrected chi connectivity index (χ1v) is 16.2. The summed E-state index contributed by atoms with van der Waals surface area (Å²) in [5.74, 6) is -10.2. The minimum atomic E-state index is -6.96. The van der Waals surface area contributed by atoms with Gasteiger partial charge < -0.3 is 10.6 Å². The lowest BCUT2D eigenvalue weighted by molar-refractivity contribution is -0.180. The maximum atomic E-state index is 14.7. The van der Waals surface area contributed by atoms with Crippen molar-refractivity contribution in [3.63, 3.8) is 0 Å². The lowest BCUT2D eigenvalue weighted by Gasteiger charge is -2.23. The molecule has 2 amide bonds. The zero-order valence-electron chi connectivity index (χ0n) is 24.9. The molecule has 0 radical (unpaired) electrons. The van der Waals surface area contributed by atoms with Crippen molar-refractivity contribution >= 4 is 55.0 Å². The third-order valence-corrected chi connectivity index (χ3v) is 8.69. The molecule has 0 saturated carbocycles. The Hall–Kier alpha value is -4.94. The maximum Gasteiger partial charge on any atom is 0.447 e. The highest BCUT2D eigenvalue weighted by molar-refractivity contribution is 7.89. The smallest absolute Gasteiger partial charge is 0.320 e. The zero-order chi connectivity index (χ0) is 39.5. The van der Waals surface area contributed by atoms with Crippen molar-refractivity contribution in [2.45, 2.75) is 35.1 Å². The first-order chi connectivity index (χ1) is 23.7. The van der Waals surface area contributed by atoms with Crippen LogP contribution in [0.5, 0.6) is 0 Å². The lowest BCUT2D eigenvalue weighted by atomic mass is 10.1. The molecular formula is C28H18F10N2O10S2. The van der Waals surface area contributed by atoms with Crippen LogP contribution in [0.15, 0.2) is 84.9 Å². The third kappa shape index (κ3) is 9.29. The van der Waals surface area contributed by atoms with Crippen LogP contribution in [0.1, 0.15) is 20.7 Å². The molecule has 12 nitrogen and oxygen atoms in total. The molecule has 3 aromatic rings. The summed E-state index contributed by atoms with van der Waals surface area (Å²) in [6.07, 6.45) is -19.9. The number of Topliss-reactive ketones (excluding diaryl/α,β-unsaturated/α-hetero) is 2. The van der Waals surface area contributed by atoms with Crippen molar-refractivity contribution in [1.82, 2.24) is 0 Å². The minimum Gasteiger partial charge on any atom is -0.320 e. The van der Waals surface area contributed by atoms with Gasteiger partial charge in [0.2, 0.25) is 23.8 Å². The van der Waals surface area contributed by atoms with E-state index < -0.39 is 101 Å². The highest BCUT2D eigenvalue weighted by Gasteiger charge is 2.61. The normalized spacial score (nSPS) is 14.2. The fourth-order valence-corrected chi connectivity index (χ4v) is 5.38. The first kappa shape index (κ1) is 41.5. The Bertz CT molecular complexity index is 1900. The van der Waals surface area contributed by atoms with Crippen LogP contribution in [0, 0.1) is 0 Å². The number of benzene rings is 3. The van der Waals surface area contributed by atoms with Crippen LogP contribution in [0.2, 0.25) is 0 Å². The molecule has 0 heterocycles. The number of carbonyl (C=O) groups excluding carboxylic acids is 4. The second-order valence-corrected chi connectivity index (χ2v) is 13.2. The fourth-order valence-electron chi connectivity index (χ4n) is 3.69. The summed E-state index contributed by atoms with van der Waals surface area (Å²) in [5.41, 5.74) is -3.70. The van der Waals surface area contributed by atoms with Crippen LogP contribution < -0.4 is 10.6 Å². The van der Waals surface area contributed by atoms with E-state index in [1.807, 2.05) is 0 Å². The summed E-state index contributed by atoms with van der Waals surface area (Å²) in [5, 5.41) is -9.50. The molecular weight excluding hydrogens is 778 g/mol. The number of ketones is 2. The average molecular weight is 797 g/mol. The molecule has 0 aliphatic heterocycles. The van der Waals surface area contributed by atoms with Crippen molar-refractivity contribution in [3.8, 4) is 0 Å². The van der Waals surface area contributed by atoms with Gasteiger partial charge >= 0.3 is 54.9 Å². The fraction of sp³-hybridized carbons (Fsp3) is 0.214. The number of nitrogens with one attached hydrogen (secondary N) is 2. The highest BCUT2D eigenvalue weighted by atomic mass is 32.2. The Morgan fingerprint density at radius 1 is 0.500 bits per heavy atom. The number of anilines is 2. The van der Waals surface area contributed by atoms with Crippen molar-refractivity contribution in [2.75, 3.05) is 10.6 Å². The molecule has 3 rings (SSSR count). The number of alkyl halides is 10. The number of amides is 2. The summed E-state index contributed by atoms with van der Waals surface area (Å²) in [6, 6.07) is 11.8. The number of hydrogen-bond donors (Lipinski definition) is 2. The van der Waals surface area contributed by atoms with E-state index in [1.54, 1.807) is 0 Å². The van der Waals surface area contributed by atoms with Gasteiger partial charge in [-0.1, -0.05) is 66.7 Å². The van der Waals surface area contributed by atoms with Gasteiger partial charge in [0.15, 0.2) is 0 Å². The summed E-state index contributed by atoms with van der Waals surface area (Å²) >= 11 is 0. The van der Waals surface area contributed by atoms with Gasteiger partial charge in [-0.2, -0.15) is 60.7 Å².